The number of anilines is 1. The van der Waals surface area contributed by atoms with Crippen LogP contribution in [0.5, 0.6) is 11.5 Å². The van der Waals surface area contributed by atoms with Crippen molar-refractivity contribution in [1.29, 1.82) is 0 Å². The summed E-state index contributed by atoms with van der Waals surface area (Å²) in [5.41, 5.74) is 1.89. The number of hydrogen-bond donors (Lipinski definition) is 1. The lowest BCUT2D eigenvalue weighted by molar-refractivity contribution is 0.415. The van der Waals surface area contributed by atoms with Crippen LogP contribution >= 0.6 is 0 Å². The maximum Gasteiger partial charge on any atom is 0.119 e. The van der Waals surface area contributed by atoms with Gasteiger partial charge < -0.3 is 14.8 Å². The molecule has 0 aliphatic carbocycles. The summed E-state index contributed by atoms with van der Waals surface area (Å²) < 4.78 is 10.3. The average Bonchev–Trinajstić information content (AvgIpc) is 2.55. The van der Waals surface area contributed by atoms with Gasteiger partial charge in [0, 0.05) is 12.1 Å². The van der Waals surface area contributed by atoms with Gasteiger partial charge in [0.15, 0.2) is 0 Å². The summed E-state index contributed by atoms with van der Waals surface area (Å²) in [5.74, 6) is 2.58. The van der Waals surface area contributed by atoms with Gasteiger partial charge in [-0.3, -0.25) is 0 Å². The third kappa shape index (κ3) is 4.24. The van der Waals surface area contributed by atoms with E-state index in [1.807, 2.05) is 48.5 Å². The van der Waals surface area contributed by atoms with Crippen molar-refractivity contribution in [3.05, 3.63) is 48.5 Å². The standard InChI is InChI=1S/C17H20N2O2/c1-4-17(18-13-5-9-15(20-2)10-6-13)19-14-7-11-16(21-3)12-8-14/h5-12H,4H2,1-3H3,(H,18,19). The first kappa shape index (κ1) is 14.9. The second-order valence-corrected chi connectivity index (χ2v) is 4.46. The Morgan fingerprint density at radius 2 is 1.43 bits per heavy atom. The SMILES string of the molecule is CCC(=Nc1ccc(OC)cc1)Nc1ccc(OC)cc1. The first-order valence-electron chi connectivity index (χ1n) is 6.88. The fourth-order valence-corrected chi connectivity index (χ4v) is 1.85. The molecule has 2 aromatic carbocycles. The van der Waals surface area contributed by atoms with Gasteiger partial charge in [0.05, 0.1) is 19.9 Å². The number of hydrogen-bond acceptors (Lipinski definition) is 3. The minimum absolute atomic E-state index is 0.818. The van der Waals surface area contributed by atoms with Crippen LogP contribution in [0, 0.1) is 0 Å². The van der Waals surface area contributed by atoms with Gasteiger partial charge in [-0.2, -0.15) is 0 Å². The van der Waals surface area contributed by atoms with Gasteiger partial charge in [0.1, 0.15) is 17.3 Å². The molecule has 0 bridgehead atoms. The van der Waals surface area contributed by atoms with Crippen LogP contribution in [-0.2, 0) is 0 Å². The fraction of sp³-hybridized carbons (Fsp3) is 0.235. The average molecular weight is 284 g/mol. The van der Waals surface area contributed by atoms with Crippen molar-refractivity contribution >= 4 is 17.2 Å². The molecule has 0 heterocycles. The fourth-order valence-electron chi connectivity index (χ4n) is 1.85. The highest BCUT2D eigenvalue weighted by atomic mass is 16.5. The van der Waals surface area contributed by atoms with Crippen molar-refractivity contribution in [2.45, 2.75) is 13.3 Å². The molecule has 110 valence electrons. The number of nitrogens with zero attached hydrogens (tertiary/aromatic N) is 1. The zero-order valence-electron chi connectivity index (χ0n) is 12.6. The Kier molecular flexibility index (Phi) is 5.21. The first-order chi connectivity index (χ1) is 10.2. The highest BCUT2D eigenvalue weighted by molar-refractivity contribution is 5.96. The molecule has 0 saturated carbocycles. The van der Waals surface area contributed by atoms with E-state index in [0.717, 1.165) is 35.1 Å². The smallest absolute Gasteiger partial charge is 0.119 e. The van der Waals surface area contributed by atoms with E-state index in [1.165, 1.54) is 0 Å². The van der Waals surface area contributed by atoms with Crippen molar-refractivity contribution in [2.75, 3.05) is 19.5 Å². The summed E-state index contributed by atoms with van der Waals surface area (Å²) in [4.78, 5) is 4.61. The predicted molar refractivity (Wildman–Crippen MR) is 87.0 cm³/mol. The maximum atomic E-state index is 5.15. The zero-order chi connectivity index (χ0) is 15.1. The molecule has 0 atom stereocenters. The third-order valence-electron chi connectivity index (χ3n) is 3.05. The molecule has 2 rings (SSSR count). The van der Waals surface area contributed by atoms with Crippen LogP contribution in [0.25, 0.3) is 0 Å². The van der Waals surface area contributed by atoms with Gasteiger partial charge >= 0.3 is 0 Å². The van der Waals surface area contributed by atoms with Crippen LogP contribution in [0.1, 0.15) is 13.3 Å². The molecular weight excluding hydrogens is 264 g/mol. The maximum absolute atomic E-state index is 5.15. The van der Waals surface area contributed by atoms with E-state index >= 15 is 0 Å². The molecular formula is C17H20N2O2. The normalized spacial score (nSPS) is 11.1. The number of benzene rings is 2. The van der Waals surface area contributed by atoms with E-state index in [0.29, 0.717) is 0 Å². The van der Waals surface area contributed by atoms with E-state index in [4.69, 9.17) is 9.47 Å². The van der Waals surface area contributed by atoms with Gasteiger partial charge in [0.2, 0.25) is 0 Å². The predicted octanol–water partition coefficient (Wildman–Crippen LogP) is 4.26. The van der Waals surface area contributed by atoms with Crippen molar-refractivity contribution < 1.29 is 9.47 Å². The Balaban J connectivity index is 2.11. The highest BCUT2D eigenvalue weighted by Crippen LogP contribution is 2.19. The molecule has 0 unspecified atom stereocenters. The Labute approximate surface area is 125 Å². The van der Waals surface area contributed by atoms with Crippen LogP contribution in [0.3, 0.4) is 0 Å². The molecule has 0 aromatic heterocycles. The van der Waals surface area contributed by atoms with Crippen LogP contribution in [0.2, 0.25) is 0 Å². The van der Waals surface area contributed by atoms with Crippen LogP contribution in [-0.4, -0.2) is 20.1 Å². The second-order valence-electron chi connectivity index (χ2n) is 4.46. The van der Waals surface area contributed by atoms with Gasteiger partial charge in [-0.25, -0.2) is 4.99 Å². The van der Waals surface area contributed by atoms with Crippen molar-refractivity contribution in [2.24, 2.45) is 4.99 Å². The Morgan fingerprint density at radius 3 is 1.90 bits per heavy atom. The number of ether oxygens (including phenoxy) is 2. The van der Waals surface area contributed by atoms with Crippen LogP contribution in [0.4, 0.5) is 11.4 Å². The van der Waals surface area contributed by atoms with E-state index in [-0.39, 0.29) is 0 Å². The molecule has 2 aromatic rings. The van der Waals surface area contributed by atoms with Gasteiger partial charge in [-0.1, -0.05) is 6.92 Å². The molecule has 0 radical (unpaired) electrons. The lowest BCUT2D eigenvalue weighted by Gasteiger charge is -2.09. The number of rotatable bonds is 5. The number of amidine groups is 1. The van der Waals surface area contributed by atoms with Crippen molar-refractivity contribution in [3.8, 4) is 11.5 Å². The minimum Gasteiger partial charge on any atom is -0.497 e. The molecule has 4 nitrogen and oxygen atoms in total. The van der Waals surface area contributed by atoms with E-state index < -0.39 is 0 Å². The quantitative estimate of drug-likeness (QED) is 0.659. The monoisotopic (exact) mass is 284 g/mol. The lowest BCUT2D eigenvalue weighted by atomic mass is 10.3. The van der Waals surface area contributed by atoms with Gasteiger partial charge in [-0.15, -0.1) is 0 Å². The molecule has 0 aliphatic rings. The van der Waals surface area contributed by atoms with Gasteiger partial charge in [0.25, 0.3) is 0 Å². The number of methoxy groups -OCH3 is 2. The van der Waals surface area contributed by atoms with E-state index in [9.17, 15) is 0 Å². The number of nitrogens with one attached hydrogen (secondary N) is 1. The van der Waals surface area contributed by atoms with Gasteiger partial charge in [-0.05, 0) is 48.5 Å². The summed E-state index contributed by atoms with van der Waals surface area (Å²) in [5, 5.41) is 3.32. The molecule has 21 heavy (non-hydrogen) atoms. The second kappa shape index (κ2) is 7.33. The zero-order valence-corrected chi connectivity index (χ0v) is 12.6. The van der Waals surface area contributed by atoms with Crippen molar-refractivity contribution in [1.82, 2.24) is 0 Å². The molecule has 0 amide bonds. The lowest BCUT2D eigenvalue weighted by Crippen LogP contribution is -2.10. The minimum atomic E-state index is 0.818. The highest BCUT2D eigenvalue weighted by Gasteiger charge is 2.00. The Hall–Kier alpha value is -2.49. The molecule has 0 spiro atoms. The molecule has 0 fully saturated rings. The first-order valence-corrected chi connectivity index (χ1v) is 6.88. The largest absolute Gasteiger partial charge is 0.497 e. The molecule has 0 saturated heterocycles. The summed E-state index contributed by atoms with van der Waals surface area (Å²) in [7, 11) is 3.31. The summed E-state index contributed by atoms with van der Waals surface area (Å²) in [6, 6.07) is 15.5. The van der Waals surface area contributed by atoms with Crippen molar-refractivity contribution in [3.63, 3.8) is 0 Å². The number of aliphatic imine (C=N–C) groups is 1. The topological polar surface area (TPSA) is 42.8 Å². The van der Waals surface area contributed by atoms with Crippen LogP contribution < -0.4 is 14.8 Å². The Bertz CT molecular complexity index is 589. The summed E-state index contributed by atoms with van der Waals surface area (Å²) >= 11 is 0. The van der Waals surface area contributed by atoms with E-state index in [1.54, 1.807) is 14.2 Å². The molecule has 1 N–H and O–H groups in total. The van der Waals surface area contributed by atoms with E-state index in [2.05, 4.69) is 17.2 Å². The molecule has 4 heteroatoms. The summed E-state index contributed by atoms with van der Waals surface area (Å²) in [6.07, 6.45) is 0.818. The molecule has 0 aliphatic heterocycles. The van der Waals surface area contributed by atoms with Crippen LogP contribution in [0.15, 0.2) is 53.5 Å². The summed E-state index contributed by atoms with van der Waals surface area (Å²) in [6.45, 7) is 2.07. The third-order valence-corrected chi connectivity index (χ3v) is 3.05. The Morgan fingerprint density at radius 1 is 0.905 bits per heavy atom.